The largest absolute Gasteiger partial charge is 0.454 e. The van der Waals surface area contributed by atoms with Crippen LogP contribution in [0.4, 0.5) is 34.1 Å². The summed E-state index contributed by atoms with van der Waals surface area (Å²) in [7, 11) is 0. The van der Waals surface area contributed by atoms with E-state index in [1.165, 1.54) is 49.7 Å². The molecule has 0 spiro atoms. The Labute approximate surface area is 357 Å². The van der Waals surface area contributed by atoms with E-state index in [4.69, 9.17) is 4.74 Å². The average molecular weight is 783 g/mol. The second-order valence-electron chi connectivity index (χ2n) is 15.6. The minimum absolute atomic E-state index is 0.869. The van der Waals surface area contributed by atoms with E-state index >= 15 is 0 Å². The molecule has 9 aromatic carbocycles. The lowest BCUT2D eigenvalue weighted by molar-refractivity contribution is 0.488. The Hall–Kier alpha value is -7.88. The second-order valence-corrected chi connectivity index (χ2v) is 15.6. The first-order chi connectivity index (χ1) is 30.3. The Kier molecular flexibility index (Phi) is 9.33. The Bertz CT molecular complexity index is 2990. The van der Waals surface area contributed by atoms with Crippen molar-refractivity contribution < 1.29 is 4.74 Å². The molecule has 0 fully saturated rings. The Balaban J connectivity index is 0.869. The molecule has 0 saturated heterocycles. The van der Waals surface area contributed by atoms with Crippen LogP contribution in [0.25, 0.3) is 44.2 Å². The summed E-state index contributed by atoms with van der Waals surface area (Å²) in [4.78, 5) is 4.58. The lowest BCUT2D eigenvalue weighted by atomic mass is 9.85. The fraction of sp³-hybridized carbons (Fsp3) is 0.0345. The zero-order valence-electron chi connectivity index (χ0n) is 33.7. The smallest absolute Gasteiger partial charge is 0.159 e. The van der Waals surface area contributed by atoms with Gasteiger partial charge in [0.2, 0.25) is 0 Å². The first-order valence-electron chi connectivity index (χ1n) is 21.1. The van der Waals surface area contributed by atoms with Gasteiger partial charge in [-0.05, 0) is 130 Å². The van der Waals surface area contributed by atoms with Gasteiger partial charge in [-0.3, -0.25) is 0 Å². The van der Waals surface area contributed by atoms with E-state index in [0.717, 1.165) is 64.0 Å². The zero-order valence-corrected chi connectivity index (χ0v) is 33.7. The summed E-state index contributed by atoms with van der Waals surface area (Å²) in [6, 6.07) is 77.7. The second kappa shape index (κ2) is 15.7. The van der Waals surface area contributed by atoms with Crippen LogP contribution < -0.4 is 14.5 Å². The fourth-order valence-corrected chi connectivity index (χ4v) is 9.06. The van der Waals surface area contributed by atoms with Gasteiger partial charge < -0.3 is 14.5 Å². The highest BCUT2D eigenvalue weighted by molar-refractivity contribution is 6.09. The third kappa shape index (κ3) is 6.76. The van der Waals surface area contributed by atoms with E-state index < -0.39 is 0 Å². The number of para-hydroxylation sites is 5. The van der Waals surface area contributed by atoms with Crippen LogP contribution in [-0.4, -0.2) is 0 Å². The number of benzene rings is 9. The van der Waals surface area contributed by atoms with Crippen LogP contribution in [0.15, 0.2) is 231 Å². The van der Waals surface area contributed by atoms with Crippen LogP contribution in [-0.2, 0) is 0 Å². The summed E-state index contributed by atoms with van der Waals surface area (Å²) >= 11 is 0. The Morgan fingerprint density at radius 2 is 0.803 bits per heavy atom. The maximum absolute atomic E-state index is 6.94. The summed E-state index contributed by atoms with van der Waals surface area (Å²) in [6.07, 6.45) is 6.60. The molecular weight excluding hydrogens is 741 g/mol. The topological polar surface area (TPSA) is 15.7 Å². The summed E-state index contributed by atoms with van der Waals surface area (Å²) < 4.78 is 6.94. The maximum atomic E-state index is 6.94. The third-order valence-electron chi connectivity index (χ3n) is 12.0. The third-order valence-corrected chi connectivity index (χ3v) is 12.0. The van der Waals surface area contributed by atoms with E-state index in [0.29, 0.717) is 0 Å². The van der Waals surface area contributed by atoms with Crippen LogP contribution >= 0.6 is 0 Å². The monoisotopic (exact) mass is 782 g/mol. The molecular formula is C58H42N2O. The van der Waals surface area contributed by atoms with Gasteiger partial charge >= 0.3 is 0 Å². The van der Waals surface area contributed by atoms with Gasteiger partial charge in [-0.25, -0.2) is 0 Å². The van der Waals surface area contributed by atoms with Crippen LogP contribution in [0.3, 0.4) is 0 Å². The molecule has 61 heavy (non-hydrogen) atoms. The molecule has 0 unspecified atom stereocenters. The van der Waals surface area contributed by atoms with Crippen molar-refractivity contribution in [2.45, 2.75) is 12.8 Å². The van der Waals surface area contributed by atoms with Crippen molar-refractivity contribution in [2.75, 3.05) is 9.80 Å². The van der Waals surface area contributed by atoms with Gasteiger partial charge in [0, 0.05) is 39.4 Å². The van der Waals surface area contributed by atoms with Crippen LogP contribution in [0.1, 0.15) is 24.0 Å². The molecule has 1 aliphatic heterocycles. The summed E-state index contributed by atoms with van der Waals surface area (Å²) in [6.45, 7) is 0. The van der Waals surface area contributed by atoms with Gasteiger partial charge in [-0.1, -0.05) is 158 Å². The normalized spacial score (nSPS) is 12.8. The van der Waals surface area contributed by atoms with Crippen molar-refractivity contribution >= 4 is 56.0 Å². The number of hydrogen-bond donors (Lipinski definition) is 0. The van der Waals surface area contributed by atoms with E-state index in [2.05, 4.69) is 240 Å². The predicted octanol–water partition coefficient (Wildman–Crippen LogP) is 16.5. The number of rotatable bonds is 9. The van der Waals surface area contributed by atoms with Crippen molar-refractivity contribution in [3.8, 4) is 33.8 Å². The summed E-state index contributed by atoms with van der Waals surface area (Å²) in [5.74, 6) is 1.76. The first-order valence-corrected chi connectivity index (χ1v) is 21.1. The molecule has 0 radical (unpaired) electrons. The Morgan fingerprint density at radius 1 is 0.328 bits per heavy atom. The van der Waals surface area contributed by atoms with Gasteiger partial charge in [0.15, 0.2) is 5.75 Å². The van der Waals surface area contributed by atoms with Gasteiger partial charge in [0.25, 0.3) is 0 Å². The molecule has 0 amide bonds. The van der Waals surface area contributed by atoms with Gasteiger partial charge in [-0.15, -0.1) is 0 Å². The molecule has 290 valence electrons. The highest BCUT2D eigenvalue weighted by Crippen LogP contribution is 2.53. The summed E-state index contributed by atoms with van der Waals surface area (Å²) in [5.41, 5.74) is 16.5. The Morgan fingerprint density at radius 3 is 1.38 bits per heavy atom. The molecule has 3 heteroatoms. The molecule has 9 aromatic rings. The minimum atomic E-state index is 0.869. The highest BCUT2D eigenvalue weighted by Gasteiger charge is 2.27. The molecule has 0 N–H and O–H groups in total. The molecule has 2 aliphatic rings. The van der Waals surface area contributed by atoms with Gasteiger partial charge in [0.1, 0.15) is 5.75 Å². The highest BCUT2D eigenvalue weighted by atomic mass is 16.5. The number of anilines is 6. The van der Waals surface area contributed by atoms with Crippen molar-refractivity contribution in [1.82, 2.24) is 0 Å². The minimum Gasteiger partial charge on any atom is -0.454 e. The standard InChI is InChI=1S/C58H42N2O/c1-5-15-46(16-6-1)59(47-17-7-2-8-18-47)50-37-35-44(36-38-50)42-29-27-41(28-30-42)43-31-33-45(34-32-43)51-39-40-56-57-52(51)23-13-24-53(57)54-25-14-26-55(58(54)61-56)60(48-19-9-3-10-20-48)49-21-11-4-12-22-49/h1-31,33,35-40H,32,34H2. The van der Waals surface area contributed by atoms with E-state index in [-0.39, 0.29) is 0 Å². The number of allylic oxidation sites excluding steroid dienone is 4. The van der Waals surface area contributed by atoms with E-state index in [1.807, 2.05) is 0 Å². The fourth-order valence-electron chi connectivity index (χ4n) is 9.06. The molecule has 0 aromatic heterocycles. The number of hydrogen-bond acceptors (Lipinski definition) is 3. The van der Waals surface area contributed by atoms with Crippen LogP contribution in [0, 0.1) is 0 Å². The van der Waals surface area contributed by atoms with E-state index in [1.54, 1.807) is 0 Å². The SMILES string of the molecule is C1=C(c2ccc(-c3ccc(N(c4ccccc4)c4ccccc4)cc3)cc2)CCC(c2ccc3c4c(cccc24)-c2cccc(N(c4ccccc4)c4ccccc4)c2O3)=C1. The molecule has 1 aliphatic carbocycles. The van der Waals surface area contributed by atoms with Crippen molar-refractivity contribution in [3.63, 3.8) is 0 Å². The van der Waals surface area contributed by atoms with Crippen molar-refractivity contribution in [1.29, 1.82) is 0 Å². The van der Waals surface area contributed by atoms with Crippen molar-refractivity contribution in [2.24, 2.45) is 0 Å². The van der Waals surface area contributed by atoms with Crippen LogP contribution in [0.2, 0.25) is 0 Å². The lowest BCUT2D eigenvalue weighted by Gasteiger charge is -2.31. The lowest BCUT2D eigenvalue weighted by Crippen LogP contribution is -2.12. The van der Waals surface area contributed by atoms with E-state index in [9.17, 15) is 0 Å². The molecule has 1 heterocycles. The zero-order chi connectivity index (χ0) is 40.5. The quantitative estimate of drug-likeness (QED) is 0.145. The van der Waals surface area contributed by atoms with Gasteiger partial charge in [-0.2, -0.15) is 0 Å². The number of ether oxygens (including phenoxy) is 1. The first kappa shape index (κ1) is 36.2. The maximum Gasteiger partial charge on any atom is 0.159 e. The molecule has 11 rings (SSSR count). The molecule has 0 bridgehead atoms. The molecule has 0 saturated carbocycles. The van der Waals surface area contributed by atoms with Gasteiger partial charge in [0.05, 0.1) is 5.69 Å². The van der Waals surface area contributed by atoms with Crippen LogP contribution in [0.5, 0.6) is 11.5 Å². The number of fused-ring (bicyclic) bond motifs is 2. The average Bonchev–Trinajstić information content (AvgIpc) is 3.34. The number of nitrogens with zero attached hydrogens (tertiary/aromatic N) is 2. The molecule has 0 atom stereocenters. The van der Waals surface area contributed by atoms with Crippen molar-refractivity contribution in [3.05, 3.63) is 242 Å². The summed E-state index contributed by atoms with van der Waals surface area (Å²) in [5, 5.41) is 2.39. The molecule has 3 nitrogen and oxygen atoms in total. The predicted molar refractivity (Wildman–Crippen MR) is 256 cm³/mol.